The van der Waals surface area contributed by atoms with Gasteiger partial charge in [0.15, 0.2) is 5.78 Å². The van der Waals surface area contributed by atoms with E-state index in [1.807, 2.05) is 6.92 Å². The third-order valence-corrected chi connectivity index (χ3v) is 6.68. The Balaban J connectivity index is 2.18. The van der Waals surface area contributed by atoms with Gasteiger partial charge in [0, 0.05) is 31.1 Å². The molecule has 0 aliphatic heterocycles. The number of nitrogens with zero attached hydrogens (tertiary/aromatic N) is 1. The van der Waals surface area contributed by atoms with E-state index in [1.54, 1.807) is 6.07 Å². The van der Waals surface area contributed by atoms with E-state index in [0.29, 0.717) is 30.8 Å². The summed E-state index contributed by atoms with van der Waals surface area (Å²) in [5.74, 6) is -0.684. The van der Waals surface area contributed by atoms with Gasteiger partial charge in [-0.2, -0.15) is 0 Å². The Morgan fingerprint density at radius 2 is 2.11 bits per heavy atom. The van der Waals surface area contributed by atoms with E-state index < -0.39 is 15.8 Å². The lowest BCUT2D eigenvalue weighted by Crippen LogP contribution is -2.53. The second kappa shape index (κ2) is 7.16. The molecule has 28 heavy (non-hydrogen) atoms. The highest BCUT2D eigenvalue weighted by molar-refractivity contribution is 6.01. The normalized spacial score (nSPS) is 28.9. The molecule has 3 rings (SSSR count). The Morgan fingerprint density at radius 3 is 2.71 bits per heavy atom. The van der Waals surface area contributed by atoms with E-state index in [9.17, 15) is 19.7 Å². The summed E-state index contributed by atoms with van der Waals surface area (Å²) < 4.78 is 5.07. The van der Waals surface area contributed by atoms with Crippen LogP contribution in [-0.2, 0) is 14.9 Å². The van der Waals surface area contributed by atoms with Crippen molar-refractivity contribution in [2.45, 2.75) is 44.9 Å². The number of anilines is 1. The van der Waals surface area contributed by atoms with Crippen LogP contribution in [0, 0.1) is 21.4 Å². The molecule has 1 fully saturated rings. The average molecular weight is 389 g/mol. The van der Waals surface area contributed by atoms with Gasteiger partial charge in [-0.1, -0.05) is 13.3 Å². The number of ether oxygens (including phenoxy) is 1. The number of nitrogens with one attached hydrogen (secondary N) is 1. The molecule has 3 atom stereocenters. The quantitative estimate of drug-likeness (QED) is 0.451. The number of nitro benzene ring substituents is 1. The van der Waals surface area contributed by atoms with Crippen LogP contribution >= 0.6 is 0 Å². The summed E-state index contributed by atoms with van der Waals surface area (Å²) in [4.78, 5) is 36.6. The van der Waals surface area contributed by atoms with Gasteiger partial charge in [0.25, 0.3) is 5.69 Å². The summed E-state index contributed by atoms with van der Waals surface area (Å²) in [6.45, 7) is 4.64. The first kappa shape index (κ1) is 20.3. The largest absolute Gasteiger partial charge is 0.469 e. The fourth-order valence-corrected chi connectivity index (χ4v) is 5.21. The van der Waals surface area contributed by atoms with Crippen molar-refractivity contribution in [2.75, 3.05) is 25.5 Å². The molecule has 0 spiro atoms. The number of fused-ring (bicyclic) bond motifs is 3. The molecule has 1 aromatic rings. The maximum absolute atomic E-state index is 13.0. The van der Waals surface area contributed by atoms with Crippen LogP contribution in [0.15, 0.2) is 12.1 Å². The molecule has 0 amide bonds. The number of esters is 1. The van der Waals surface area contributed by atoms with Crippen LogP contribution in [0.4, 0.5) is 11.4 Å². The molecule has 8 heteroatoms. The zero-order valence-corrected chi connectivity index (χ0v) is 16.5. The van der Waals surface area contributed by atoms with Crippen molar-refractivity contribution in [3.8, 4) is 0 Å². The highest BCUT2D eigenvalue weighted by atomic mass is 16.6. The first-order valence-electron chi connectivity index (χ1n) is 9.57. The predicted molar refractivity (Wildman–Crippen MR) is 104 cm³/mol. The van der Waals surface area contributed by atoms with Gasteiger partial charge in [0.1, 0.15) is 5.69 Å². The van der Waals surface area contributed by atoms with Gasteiger partial charge in [-0.3, -0.25) is 19.7 Å². The Labute approximate surface area is 164 Å². The number of hydrogen-bond donors (Lipinski definition) is 2. The average Bonchev–Trinajstić information content (AvgIpc) is 2.67. The molecule has 1 saturated carbocycles. The highest BCUT2D eigenvalue weighted by Crippen LogP contribution is 2.58. The number of rotatable bonds is 5. The fourth-order valence-electron chi connectivity index (χ4n) is 5.21. The Kier molecular flexibility index (Phi) is 5.18. The third kappa shape index (κ3) is 2.96. The molecule has 3 N–H and O–H groups in total. The molecular formula is C20H27N3O5. The van der Waals surface area contributed by atoms with E-state index in [-0.39, 0.29) is 29.8 Å². The zero-order chi connectivity index (χ0) is 20.7. The van der Waals surface area contributed by atoms with Crippen LogP contribution < -0.4 is 11.1 Å². The molecule has 0 unspecified atom stereocenters. The van der Waals surface area contributed by atoms with Crippen molar-refractivity contribution in [3.05, 3.63) is 33.4 Å². The van der Waals surface area contributed by atoms with Crippen molar-refractivity contribution >= 4 is 23.1 Å². The number of nitrogens with two attached hydrogens (primary N) is 1. The van der Waals surface area contributed by atoms with Gasteiger partial charge >= 0.3 is 5.97 Å². The van der Waals surface area contributed by atoms with Gasteiger partial charge in [-0.05, 0) is 42.7 Å². The Morgan fingerprint density at radius 1 is 1.39 bits per heavy atom. The second-order valence-corrected chi connectivity index (χ2v) is 8.25. The number of methoxy groups -OCH3 is 1. The van der Waals surface area contributed by atoms with Gasteiger partial charge in [-0.15, -0.1) is 0 Å². The van der Waals surface area contributed by atoms with Crippen LogP contribution in [-0.4, -0.2) is 36.9 Å². The van der Waals surface area contributed by atoms with Gasteiger partial charge in [0.2, 0.25) is 0 Å². The van der Waals surface area contributed by atoms with Gasteiger partial charge < -0.3 is 15.8 Å². The molecule has 1 aromatic carbocycles. The molecule has 0 saturated heterocycles. The van der Waals surface area contributed by atoms with E-state index in [0.717, 1.165) is 18.4 Å². The van der Waals surface area contributed by atoms with Crippen molar-refractivity contribution in [1.82, 2.24) is 0 Å². The van der Waals surface area contributed by atoms with E-state index in [2.05, 4.69) is 12.2 Å². The minimum absolute atomic E-state index is 0.130. The lowest BCUT2D eigenvalue weighted by atomic mass is 9.49. The SMILES string of the molecule is COC(=O)[C@]1(C)CCC[C@]2(C)c3cc(NCCN)c([N+](=O)[O-])cc3C(=O)C[C@@H]12. The third-order valence-electron chi connectivity index (χ3n) is 6.68. The number of carbonyl (C=O) groups is 2. The standard InChI is InChI=1S/C20H27N3O5/c1-19-5-4-6-20(2,18(25)28-3)17(19)11-16(24)12-9-15(23(26)27)14(10-13(12)19)22-8-7-21/h9-10,17,22H,4-8,11,21H2,1-3H3/t17-,19-,20-/m1/s1. The fraction of sp³-hybridized carbons (Fsp3) is 0.600. The van der Waals surface area contributed by atoms with Gasteiger partial charge in [-0.25, -0.2) is 0 Å². The zero-order valence-electron chi connectivity index (χ0n) is 16.5. The summed E-state index contributed by atoms with van der Waals surface area (Å²) in [7, 11) is 1.37. The maximum atomic E-state index is 13.0. The summed E-state index contributed by atoms with van der Waals surface area (Å²) in [6.07, 6.45) is 2.46. The minimum atomic E-state index is -0.762. The summed E-state index contributed by atoms with van der Waals surface area (Å²) in [5, 5.41) is 14.5. The first-order valence-corrected chi connectivity index (χ1v) is 9.57. The number of carbonyl (C=O) groups excluding carboxylic acids is 2. The van der Waals surface area contributed by atoms with Gasteiger partial charge in [0.05, 0.1) is 17.4 Å². The van der Waals surface area contributed by atoms with Crippen molar-refractivity contribution in [2.24, 2.45) is 17.1 Å². The Bertz CT molecular complexity index is 839. The van der Waals surface area contributed by atoms with Crippen LogP contribution in [0.1, 0.15) is 55.5 Å². The van der Waals surface area contributed by atoms with Crippen molar-refractivity contribution in [3.63, 3.8) is 0 Å². The molecule has 8 nitrogen and oxygen atoms in total. The van der Waals surface area contributed by atoms with Crippen LogP contribution in [0.2, 0.25) is 0 Å². The first-order chi connectivity index (χ1) is 13.2. The molecule has 0 bridgehead atoms. The lowest BCUT2D eigenvalue weighted by Gasteiger charge is -2.53. The highest BCUT2D eigenvalue weighted by Gasteiger charge is 2.57. The molecule has 2 aliphatic carbocycles. The molecule has 0 aromatic heterocycles. The maximum Gasteiger partial charge on any atom is 0.311 e. The topological polar surface area (TPSA) is 125 Å². The van der Waals surface area contributed by atoms with Crippen LogP contribution in [0.3, 0.4) is 0 Å². The number of hydrogen-bond acceptors (Lipinski definition) is 7. The summed E-state index contributed by atoms with van der Waals surface area (Å²) >= 11 is 0. The molecule has 0 radical (unpaired) electrons. The van der Waals surface area contributed by atoms with Crippen molar-refractivity contribution < 1.29 is 19.2 Å². The second-order valence-electron chi connectivity index (χ2n) is 8.25. The molecule has 152 valence electrons. The number of nitro groups is 1. The molecule has 0 heterocycles. The number of benzene rings is 1. The smallest absolute Gasteiger partial charge is 0.311 e. The monoisotopic (exact) mass is 389 g/mol. The minimum Gasteiger partial charge on any atom is -0.469 e. The lowest BCUT2D eigenvalue weighted by molar-refractivity contribution is -0.384. The van der Waals surface area contributed by atoms with Crippen molar-refractivity contribution in [1.29, 1.82) is 0 Å². The number of Topliss-reactive ketones (excluding diaryl/α,β-unsaturated/α-hetero) is 1. The predicted octanol–water partition coefficient (Wildman–Crippen LogP) is 2.79. The molecular weight excluding hydrogens is 362 g/mol. The van der Waals surface area contributed by atoms with Crippen LogP contribution in [0.5, 0.6) is 0 Å². The van der Waals surface area contributed by atoms with E-state index >= 15 is 0 Å². The Hall–Kier alpha value is -2.48. The summed E-state index contributed by atoms with van der Waals surface area (Å²) in [6, 6.07) is 3.10. The number of ketones is 1. The van der Waals surface area contributed by atoms with E-state index in [4.69, 9.17) is 10.5 Å². The van der Waals surface area contributed by atoms with E-state index in [1.165, 1.54) is 13.2 Å². The molecule has 2 aliphatic rings. The van der Waals surface area contributed by atoms with Crippen LogP contribution in [0.25, 0.3) is 0 Å². The summed E-state index contributed by atoms with van der Waals surface area (Å²) in [5.41, 5.74) is 5.72.